The van der Waals surface area contributed by atoms with Crippen LogP contribution in [0, 0.1) is 0 Å². The molecule has 0 bridgehead atoms. The third-order valence-corrected chi connectivity index (χ3v) is 3.03. The maximum atomic E-state index is 2.51. The highest BCUT2D eigenvalue weighted by molar-refractivity contribution is 4.86. The van der Waals surface area contributed by atoms with Gasteiger partial charge < -0.3 is 4.90 Å². The van der Waals surface area contributed by atoms with Crippen LogP contribution in [0.2, 0.25) is 0 Å². The van der Waals surface area contributed by atoms with Crippen LogP contribution in [0.5, 0.6) is 0 Å². The van der Waals surface area contributed by atoms with Crippen molar-refractivity contribution < 1.29 is 0 Å². The first-order valence-corrected chi connectivity index (χ1v) is 4.97. The van der Waals surface area contributed by atoms with Gasteiger partial charge in [0.2, 0.25) is 0 Å². The molecule has 1 aliphatic rings. The minimum absolute atomic E-state index is 0.849. The molecule has 0 aromatic carbocycles. The fourth-order valence-corrected chi connectivity index (χ4v) is 1.90. The van der Waals surface area contributed by atoms with E-state index in [1.807, 2.05) is 0 Å². The Balaban J connectivity index is 2.01. The largest absolute Gasteiger partial charge is 0.301 e. The molecule has 11 heavy (non-hydrogen) atoms. The molecule has 1 nitrogen and oxygen atoms in total. The van der Waals surface area contributed by atoms with Gasteiger partial charge in [-0.15, -0.1) is 0 Å². The van der Waals surface area contributed by atoms with E-state index in [4.69, 9.17) is 0 Å². The Labute approximate surface area is 70.8 Å². The number of hydrogen-bond donors (Lipinski definition) is 0. The summed E-state index contributed by atoms with van der Waals surface area (Å²) >= 11 is 0. The second-order valence-electron chi connectivity index (χ2n) is 3.90. The summed E-state index contributed by atoms with van der Waals surface area (Å²) in [6.45, 7) is 4.59. The van der Waals surface area contributed by atoms with Crippen LogP contribution in [0.1, 0.15) is 46.0 Å². The van der Waals surface area contributed by atoms with E-state index in [0.717, 1.165) is 12.1 Å². The fraction of sp³-hybridized carbons (Fsp3) is 1.00. The Morgan fingerprint density at radius 1 is 1.36 bits per heavy atom. The molecule has 0 aliphatic carbocycles. The van der Waals surface area contributed by atoms with Crippen LogP contribution in [0.25, 0.3) is 0 Å². The van der Waals surface area contributed by atoms with Crippen molar-refractivity contribution in [3.63, 3.8) is 0 Å². The quantitative estimate of drug-likeness (QED) is 0.564. The van der Waals surface area contributed by atoms with E-state index in [1.54, 1.807) is 0 Å². The molecular formula is C10H21N. The van der Waals surface area contributed by atoms with Gasteiger partial charge in [-0.1, -0.05) is 26.2 Å². The molecule has 1 saturated heterocycles. The molecule has 2 atom stereocenters. The standard InChI is InChI=1S/C10H21N/c1-4-5-6-7-10-8-9(2)11(10)3/h9-10H,4-8H2,1-3H3. The van der Waals surface area contributed by atoms with Crippen molar-refractivity contribution in [2.24, 2.45) is 0 Å². The Hall–Kier alpha value is -0.0400. The van der Waals surface area contributed by atoms with Crippen molar-refractivity contribution in [1.82, 2.24) is 4.90 Å². The van der Waals surface area contributed by atoms with Gasteiger partial charge in [0.1, 0.15) is 0 Å². The maximum Gasteiger partial charge on any atom is 0.0110 e. The van der Waals surface area contributed by atoms with Gasteiger partial charge in [-0.3, -0.25) is 0 Å². The first kappa shape index (κ1) is 9.05. The summed E-state index contributed by atoms with van der Waals surface area (Å²) in [6.07, 6.45) is 7.05. The van der Waals surface area contributed by atoms with Crippen molar-refractivity contribution in [3.8, 4) is 0 Å². The van der Waals surface area contributed by atoms with E-state index >= 15 is 0 Å². The van der Waals surface area contributed by atoms with E-state index in [9.17, 15) is 0 Å². The van der Waals surface area contributed by atoms with E-state index in [1.165, 1.54) is 32.1 Å². The first-order chi connectivity index (χ1) is 5.25. The monoisotopic (exact) mass is 155 g/mol. The predicted octanol–water partition coefficient (Wildman–Crippen LogP) is 2.66. The van der Waals surface area contributed by atoms with Crippen molar-refractivity contribution in [2.45, 2.75) is 58.0 Å². The second-order valence-corrected chi connectivity index (χ2v) is 3.90. The van der Waals surface area contributed by atoms with Gasteiger partial charge in [-0.05, 0) is 26.8 Å². The minimum Gasteiger partial charge on any atom is -0.301 e. The highest BCUT2D eigenvalue weighted by Crippen LogP contribution is 2.26. The van der Waals surface area contributed by atoms with Crippen molar-refractivity contribution >= 4 is 0 Å². The van der Waals surface area contributed by atoms with Gasteiger partial charge in [-0.25, -0.2) is 0 Å². The van der Waals surface area contributed by atoms with E-state index in [2.05, 4.69) is 25.8 Å². The smallest absolute Gasteiger partial charge is 0.0110 e. The molecule has 66 valence electrons. The van der Waals surface area contributed by atoms with Gasteiger partial charge in [0.25, 0.3) is 0 Å². The maximum absolute atomic E-state index is 2.51. The molecule has 0 saturated carbocycles. The molecule has 0 aromatic heterocycles. The number of unbranched alkanes of at least 4 members (excludes halogenated alkanes) is 2. The Morgan fingerprint density at radius 2 is 2.09 bits per heavy atom. The average molecular weight is 155 g/mol. The van der Waals surface area contributed by atoms with E-state index < -0.39 is 0 Å². The van der Waals surface area contributed by atoms with Crippen molar-refractivity contribution in [1.29, 1.82) is 0 Å². The third kappa shape index (κ3) is 2.19. The molecule has 1 aliphatic heterocycles. The van der Waals surface area contributed by atoms with Crippen LogP contribution >= 0.6 is 0 Å². The molecule has 1 rings (SSSR count). The van der Waals surface area contributed by atoms with Crippen LogP contribution in [0.4, 0.5) is 0 Å². The summed E-state index contributed by atoms with van der Waals surface area (Å²) in [6, 6.07) is 1.76. The molecule has 1 fully saturated rings. The minimum atomic E-state index is 0.849. The van der Waals surface area contributed by atoms with Gasteiger partial charge in [-0.2, -0.15) is 0 Å². The molecule has 2 unspecified atom stereocenters. The molecular weight excluding hydrogens is 134 g/mol. The third-order valence-electron chi connectivity index (χ3n) is 3.03. The number of likely N-dealkylation sites (tertiary alicyclic amines) is 1. The van der Waals surface area contributed by atoms with E-state index in [-0.39, 0.29) is 0 Å². The number of nitrogens with zero attached hydrogens (tertiary/aromatic N) is 1. The summed E-state index contributed by atoms with van der Waals surface area (Å²) < 4.78 is 0. The summed E-state index contributed by atoms with van der Waals surface area (Å²) in [5.41, 5.74) is 0. The Bertz CT molecular complexity index is 111. The fourth-order valence-electron chi connectivity index (χ4n) is 1.90. The lowest BCUT2D eigenvalue weighted by Crippen LogP contribution is -2.51. The summed E-state index contributed by atoms with van der Waals surface area (Å²) in [5, 5.41) is 0. The predicted molar refractivity (Wildman–Crippen MR) is 49.8 cm³/mol. The number of rotatable bonds is 4. The van der Waals surface area contributed by atoms with Crippen molar-refractivity contribution in [3.05, 3.63) is 0 Å². The Morgan fingerprint density at radius 3 is 2.55 bits per heavy atom. The molecule has 0 amide bonds. The second kappa shape index (κ2) is 4.10. The van der Waals surface area contributed by atoms with Gasteiger partial charge in [0.05, 0.1) is 0 Å². The number of hydrogen-bond acceptors (Lipinski definition) is 1. The Kier molecular flexibility index (Phi) is 3.38. The molecule has 1 heterocycles. The summed E-state index contributed by atoms with van der Waals surface area (Å²) in [4.78, 5) is 2.51. The van der Waals surface area contributed by atoms with Crippen LogP contribution < -0.4 is 0 Å². The van der Waals surface area contributed by atoms with Gasteiger partial charge >= 0.3 is 0 Å². The first-order valence-electron chi connectivity index (χ1n) is 4.97. The van der Waals surface area contributed by atoms with Crippen molar-refractivity contribution in [2.75, 3.05) is 7.05 Å². The lowest BCUT2D eigenvalue weighted by Gasteiger charge is -2.44. The molecule has 0 radical (unpaired) electrons. The van der Waals surface area contributed by atoms with Crippen LogP contribution in [-0.4, -0.2) is 24.0 Å². The average Bonchev–Trinajstić information content (AvgIpc) is 2.03. The van der Waals surface area contributed by atoms with Gasteiger partial charge in [0, 0.05) is 12.1 Å². The zero-order valence-electron chi connectivity index (χ0n) is 8.14. The lowest BCUT2D eigenvalue weighted by atomic mass is 9.91. The zero-order chi connectivity index (χ0) is 8.27. The highest BCUT2D eigenvalue weighted by atomic mass is 15.2. The molecule has 0 spiro atoms. The summed E-state index contributed by atoms with van der Waals surface area (Å²) in [5.74, 6) is 0. The lowest BCUT2D eigenvalue weighted by molar-refractivity contribution is 0.0489. The molecule has 0 aromatic rings. The van der Waals surface area contributed by atoms with Crippen LogP contribution in [0.3, 0.4) is 0 Å². The SMILES string of the molecule is CCCCCC1CC(C)N1C. The zero-order valence-corrected chi connectivity index (χ0v) is 8.14. The van der Waals surface area contributed by atoms with E-state index in [0.29, 0.717) is 0 Å². The van der Waals surface area contributed by atoms with Gasteiger partial charge in [0.15, 0.2) is 0 Å². The topological polar surface area (TPSA) is 3.24 Å². The van der Waals surface area contributed by atoms with Crippen LogP contribution in [0.15, 0.2) is 0 Å². The normalized spacial score (nSPS) is 31.9. The summed E-state index contributed by atoms with van der Waals surface area (Å²) in [7, 11) is 2.25. The highest BCUT2D eigenvalue weighted by Gasteiger charge is 2.30. The van der Waals surface area contributed by atoms with Crippen LogP contribution in [-0.2, 0) is 0 Å². The molecule has 1 heteroatoms. The molecule has 0 N–H and O–H groups in total.